The summed E-state index contributed by atoms with van der Waals surface area (Å²) in [5.41, 5.74) is 2.62. The molecule has 2 fully saturated rings. The third-order valence-electron chi connectivity index (χ3n) is 6.40. The fourth-order valence-electron chi connectivity index (χ4n) is 4.50. The van der Waals surface area contributed by atoms with E-state index >= 15 is 0 Å². The Morgan fingerprint density at radius 1 is 1.15 bits per heavy atom. The van der Waals surface area contributed by atoms with Crippen LogP contribution in [0.15, 0.2) is 29.2 Å². The lowest BCUT2D eigenvalue weighted by Crippen LogP contribution is -2.52. The standard InChI is InChI=1S/C20H30N2O4S/c1-2-16-10-14-22(15-11-16)17-6-8-18(9-7-17)27(25,26)20(19(23)21-24)12-4-3-5-13-20/h6-9,16,24H,2-5,10-15H2,1H3,(H,21,23). The summed E-state index contributed by atoms with van der Waals surface area (Å²) in [5.74, 6) is -0.0306. The average molecular weight is 395 g/mol. The predicted octanol–water partition coefficient (Wildman–Crippen LogP) is 3.30. The second kappa shape index (κ2) is 8.19. The van der Waals surface area contributed by atoms with E-state index in [1.165, 1.54) is 6.42 Å². The van der Waals surface area contributed by atoms with E-state index in [2.05, 4.69) is 11.8 Å². The van der Waals surface area contributed by atoms with Crippen molar-refractivity contribution < 1.29 is 18.4 Å². The summed E-state index contributed by atoms with van der Waals surface area (Å²) in [7, 11) is -3.89. The van der Waals surface area contributed by atoms with Crippen molar-refractivity contribution >= 4 is 21.4 Å². The van der Waals surface area contributed by atoms with Gasteiger partial charge in [0.15, 0.2) is 14.6 Å². The molecule has 0 atom stereocenters. The summed E-state index contributed by atoms with van der Waals surface area (Å²) in [5, 5.41) is 9.15. The molecular formula is C20H30N2O4S. The molecule has 0 radical (unpaired) electrons. The summed E-state index contributed by atoms with van der Waals surface area (Å²) in [6.45, 7) is 4.20. The van der Waals surface area contributed by atoms with Crippen molar-refractivity contribution in [3.05, 3.63) is 24.3 Å². The maximum absolute atomic E-state index is 13.3. The highest BCUT2D eigenvalue weighted by atomic mass is 32.2. The van der Waals surface area contributed by atoms with Gasteiger partial charge in [0.25, 0.3) is 5.91 Å². The normalized spacial score (nSPS) is 21.0. The quantitative estimate of drug-likeness (QED) is 0.591. The smallest absolute Gasteiger partial charge is 0.265 e. The number of hydroxylamine groups is 1. The number of rotatable bonds is 5. The van der Waals surface area contributed by atoms with E-state index in [1.54, 1.807) is 17.6 Å². The number of anilines is 1. The Bertz CT molecular complexity index is 747. The van der Waals surface area contributed by atoms with Gasteiger partial charge in [0, 0.05) is 18.8 Å². The molecule has 6 nitrogen and oxygen atoms in total. The summed E-state index contributed by atoms with van der Waals surface area (Å²) in [6, 6.07) is 6.90. The van der Waals surface area contributed by atoms with Crippen LogP contribution in [0.1, 0.15) is 58.3 Å². The molecule has 1 aromatic rings. The largest absolute Gasteiger partial charge is 0.372 e. The molecule has 0 spiro atoms. The summed E-state index contributed by atoms with van der Waals surface area (Å²) < 4.78 is 25.0. The summed E-state index contributed by atoms with van der Waals surface area (Å²) >= 11 is 0. The molecule has 2 N–H and O–H groups in total. The minimum atomic E-state index is -3.89. The van der Waals surface area contributed by atoms with Crippen molar-refractivity contribution in [1.82, 2.24) is 5.48 Å². The fraction of sp³-hybridized carbons (Fsp3) is 0.650. The van der Waals surface area contributed by atoms with Crippen LogP contribution in [0.5, 0.6) is 0 Å². The van der Waals surface area contributed by atoms with E-state index in [0.29, 0.717) is 12.8 Å². The number of amides is 1. The third-order valence-corrected chi connectivity index (χ3v) is 8.91. The average Bonchev–Trinajstić information content (AvgIpc) is 2.73. The molecule has 1 saturated heterocycles. The lowest BCUT2D eigenvalue weighted by atomic mass is 9.88. The molecule has 0 bridgehead atoms. The number of piperidine rings is 1. The van der Waals surface area contributed by atoms with Crippen LogP contribution >= 0.6 is 0 Å². The Labute approximate surface area is 161 Å². The van der Waals surface area contributed by atoms with Crippen LogP contribution in [0.25, 0.3) is 0 Å². The molecule has 150 valence electrons. The highest BCUT2D eigenvalue weighted by molar-refractivity contribution is 7.93. The zero-order chi connectivity index (χ0) is 19.5. The highest BCUT2D eigenvalue weighted by Crippen LogP contribution is 2.39. The van der Waals surface area contributed by atoms with Crippen molar-refractivity contribution in [2.45, 2.75) is 67.9 Å². The molecule has 27 heavy (non-hydrogen) atoms. The number of sulfone groups is 1. The van der Waals surface area contributed by atoms with Gasteiger partial charge < -0.3 is 4.90 Å². The molecule has 7 heteroatoms. The number of carbonyl (C=O) groups is 1. The van der Waals surface area contributed by atoms with Crippen LogP contribution < -0.4 is 10.4 Å². The van der Waals surface area contributed by atoms with E-state index in [9.17, 15) is 13.2 Å². The van der Waals surface area contributed by atoms with Gasteiger partial charge in [-0.25, -0.2) is 13.9 Å². The number of benzene rings is 1. The maximum Gasteiger partial charge on any atom is 0.265 e. The zero-order valence-corrected chi connectivity index (χ0v) is 16.8. The van der Waals surface area contributed by atoms with Crippen molar-refractivity contribution in [3.63, 3.8) is 0 Å². The van der Waals surface area contributed by atoms with Gasteiger partial charge in [0.2, 0.25) is 0 Å². The van der Waals surface area contributed by atoms with Crippen molar-refractivity contribution in [2.75, 3.05) is 18.0 Å². The SMILES string of the molecule is CCC1CCN(c2ccc(S(=O)(=O)C3(C(=O)NO)CCCCC3)cc2)CC1. The molecule has 1 aliphatic heterocycles. The molecule has 0 unspecified atom stereocenters. The molecule has 1 heterocycles. The van der Waals surface area contributed by atoms with Crippen LogP contribution in [0.4, 0.5) is 5.69 Å². The molecule has 3 rings (SSSR count). The van der Waals surface area contributed by atoms with Crippen molar-refractivity contribution in [1.29, 1.82) is 0 Å². The van der Waals surface area contributed by atoms with Crippen LogP contribution in [0.3, 0.4) is 0 Å². The van der Waals surface area contributed by atoms with E-state index in [0.717, 1.165) is 44.0 Å². The van der Waals surface area contributed by atoms with Crippen LogP contribution in [0, 0.1) is 5.92 Å². The van der Waals surface area contributed by atoms with E-state index in [1.807, 2.05) is 12.1 Å². The number of nitrogens with zero attached hydrogens (tertiary/aromatic N) is 1. The highest BCUT2D eigenvalue weighted by Gasteiger charge is 2.51. The minimum Gasteiger partial charge on any atom is -0.372 e. The van der Waals surface area contributed by atoms with E-state index in [-0.39, 0.29) is 17.7 Å². The molecule has 1 saturated carbocycles. The Balaban J connectivity index is 1.83. The number of hydrogen-bond acceptors (Lipinski definition) is 5. The van der Waals surface area contributed by atoms with Crippen molar-refractivity contribution in [2.24, 2.45) is 5.92 Å². The van der Waals surface area contributed by atoms with Gasteiger partial charge in [0.05, 0.1) is 4.90 Å². The molecule has 1 aromatic carbocycles. The van der Waals surface area contributed by atoms with Crippen molar-refractivity contribution in [3.8, 4) is 0 Å². The molecule has 0 aromatic heterocycles. The third kappa shape index (κ3) is 3.72. The molecule has 1 aliphatic carbocycles. The lowest BCUT2D eigenvalue weighted by molar-refractivity contribution is -0.132. The van der Waals surface area contributed by atoms with Gasteiger partial charge in [0.1, 0.15) is 0 Å². The second-order valence-electron chi connectivity index (χ2n) is 7.83. The number of carbonyl (C=O) groups excluding carboxylic acids is 1. The van der Waals surface area contributed by atoms with Gasteiger partial charge in [-0.15, -0.1) is 0 Å². The lowest BCUT2D eigenvalue weighted by Gasteiger charge is -2.35. The fourth-order valence-corrected chi connectivity index (χ4v) is 6.57. The number of hydrogen-bond donors (Lipinski definition) is 2. The Morgan fingerprint density at radius 3 is 2.26 bits per heavy atom. The van der Waals surface area contributed by atoms with Gasteiger partial charge >= 0.3 is 0 Å². The van der Waals surface area contributed by atoms with Gasteiger partial charge in [-0.05, 0) is 55.9 Å². The Kier molecular flexibility index (Phi) is 6.11. The second-order valence-corrected chi connectivity index (χ2v) is 10.1. The zero-order valence-electron chi connectivity index (χ0n) is 16.0. The molecule has 1 amide bonds. The first-order valence-corrected chi connectivity index (χ1v) is 11.5. The monoisotopic (exact) mass is 394 g/mol. The van der Waals surface area contributed by atoms with E-state index < -0.39 is 20.5 Å². The van der Waals surface area contributed by atoms with Crippen LogP contribution in [-0.2, 0) is 14.6 Å². The molecule has 2 aliphatic rings. The molecular weight excluding hydrogens is 364 g/mol. The van der Waals surface area contributed by atoms with Crippen LogP contribution in [-0.4, -0.2) is 37.4 Å². The minimum absolute atomic E-state index is 0.153. The predicted molar refractivity (Wildman–Crippen MR) is 105 cm³/mol. The first kappa shape index (κ1) is 20.1. The summed E-state index contributed by atoms with van der Waals surface area (Å²) in [6.07, 6.45) is 6.26. The maximum atomic E-state index is 13.3. The summed E-state index contributed by atoms with van der Waals surface area (Å²) in [4.78, 5) is 14.8. The Hall–Kier alpha value is -1.60. The Morgan fingerprint density at radius 2 is 1.74 bits per heavy atom. The van der Waals surface area contributed by atoms with E-state index in [4.69, 9.17) is 5.21 Å². The topological polar surface area (TPSA) is 86.7 Å². The van der Waals surface area contributed by atoms with Gasteiger partial charge in [-0.2, -0.15) is 0 Å². The first-order valence-electron chi connectivity index (χ1n) is 9.99. The number of nitrogens with one attached hydrogen (secondary N) is 1. The van der Waals surface area contributed by atoms with Gasteiger partial charge in [-0.1, -0.05) is 32.6 Å². The van der Waals surface area contributed by atoms with Gasteiger partial charge in [-0.3, -0.25) is 10.0 Å². The first-order chi connectivity index (χ1) is 12.9. The van der Waals surface area contributed by atoms with Crippen LogP contribution in [0.2, 0.25) is 0 Å².